The Morgan fingerprint density at radius 1 is 1.29 bits per heavy atom. The quantitative estimate of drug-likeness (QED) is 0.819. The van der Waals surface area contributed by atoms with Gasteiger partial charge in [0.15, 0.2) is 0 Å². The van der Waals surface area contributed by atoms with Crippen LogP contribution in [0.25, 0.3) is 0 Å². The summed E-state index contributed by atoms with van der Waals surface area (Å²) < 4.78 is 13.7. The number of hydrogen-bond donors (Lipinski definition) is 2. The molecule has 2 bridgehead atoms. The van der Waals surface area contributed by atoms with Crippen molar-refractivity contribution in [3.8, 4) is 0 Å². The lowest BCUT2D eigenvalue weighted by atomic mass is 9.83. The number of benzene rings is 1. The van der Waals surface area contributed by atoms with Crippen molar-refractivity contribution in [2.75, 3.05) is 0 Å². The van der Waals surface area contributed by atoms with E-state index in [0.717, 1.165) is 18.4 Å². The van der Waals surface area contributed by atoms with E-state index in [9.17, 15) is 4.39 Å². The van der Waals surface area contributed by atoms with E-state index in [4.69, 9.17) is 5.73 Å². The zero-order valence-electron chi connectivity index (χ0n) is 9.90. The average Bonchev–Trinajstić information content (AvgIpc) is 2.70. The van der Waals surface area contributed by atoms with Crippen LogP contribution in [-0.4, -0.2) is 18.1 Å². The van der Waals surface area contributed by atoms with Gasteiger partial charge in [0.05, 0.1) is 0 Å². The normalized spacial score (nSPS) is 36.1. The molecule has 3 N–H and O–H groups in total. The SMILES string of the molecule is NC1CC2CCC(N2)C1Cc1ccccc1F. The molecule has 4 unspecified atom stereocenters. The highest BCUT2D eigenvalue weighted by molar-refractivity contribution is 5.19. The Bertz CT molecular complexity index is 407. The van der Waals surface area contributed by atoms with Gasteiger partial charge in [-0.25, -0.2) is 4.39 Å². The summed E-state index contributed by atoms with van der Waals surface area (Å²) >= 11 is 0. The monoisotopic (exact) mass is 234 g/mol. The Hall–Kier alpha value is -0.930. The molecular weight excluding hydrogens is 215 g/mol. The summed E-state index contributed by atoms with van der Waals surface area (Å²) in [6.07, 6.45) is 4.22. The average molecular weight is 234 g/mol. The van der Waals surface area contributed by atoms with E-state index in [-0.39, 0.29) is 11.9 Å². The second kappa shape index (κ2) is 4.39. The van der Waals surface area contributed by atoms with Crippen molar-refractivity contribution in [1.29, 1.82) is 0 Å². The Morgan fingerprint density at radius 3 is 2.94 bits per heavy atom. The molecule has 3 rings (SSSR count). The lowest BCUT2D eigenvalue weighted by Gasteiger charge is -2.35. The lowest BCUT2D eigenvalue weighted by Crippen LogP contribution is -2.52. The van der Waals surface area contributed by atoms with Crippen molar-refractivity contribution in [2.24, 2.45) is 11.7 Å². The van der Waals surface area contributed by atoms with Crippen LogP contribution >= 0.6 is 0 Å². The molecule has 0 spiro atoms. The van der Waals surface area contributed by atoms with Crippen molar-refractivity contribution < 1.29 is 4.39 Å². The molecule has 2 heterocycles. The number of piperidine rings is 1. The first-order valence-corrected chi connectivity index (χ1v) is 6.49. The van der Waals surface area contributed by atoms with Crippen LogP contribution in [0.4, 0.5) is 4.39 Å². The van der Waals surface area contributed by atoms with E-state index in [2.05, 4.69) is 5.32 Å². The fourth-order valence-corrected chi connectivity index (χ4v) is 3.39. The molecule has 4 atom stereocenters. The van der Waals surface area contributed by atoms with Gasteiger partial charge in [-0.15, -0.1) is 0 Å². The third kappa shape index (κ3) is 2.09. The van der Waals surface area contributed by atoms with Crippen molar-refractivity contribution >= 4 is 0 Å². The summed E-state index contributed by atoms with van der Waals surface area (Å²) in [4.78, 5) is 0. The fourth-order valence-electron chi connectivity index (χ4n) is 3.39. The highest BCUT2D eigenvalue weighted by atomic mass is 19.1. The minimum atomic E-state index is -0.0974. The molecule has 2 aliphatic heterocycles. The van der Waals surface area contributed by atoms with Crippen LogP contribution in [-0.2, 0) is 6.42 Å². The highest BCUT2D eigenvalue weighted by Crippen LogP contribution is 2.33. The van der Waals surface area contributed by atoms with Gasteiger partial charge in [0.25, 0.3) is 0 Å². The molecule has 1 aromatic carbocycles. The summed E-state index contributed by atoms with van der Waals surface area (Å²) in [6.45, 7) is 0. The van der Waals surface area contributed by atoms with Crippen molar-refractivity contribution in [1.82, 2.24) is 5.32 Å². The first kappa shape index (κ1) is 11.2. The van der Waals surface area contributed by atoms with Gasteiger partial charge in [0.2, 0.25) is 0 Å². The van der Waals surface area contributed by atoms with Crippen LogP contribution < -0.4 is 11.1 Å². The van der Waals surface area contributed by atoms with E-state index in [1.54, 1.807) is 6.07 Å². The minimum absolute atomic E-state index is 0.0974. The Balaban J connectivity index is 1.78. The molecule has 2 nitrogen and oxygen atoms in total. The first-order valence-electron chi connectivity index (χ1n) is 6.49. The molecular formula is C14H19FN2. The molecule has 17 heavy (non-hydrogen) atoms. The van der Waals surface area contributed by atoms with Crippen LogP contribution in [0.5, 0.6) is 0 Å². The van der Waals surface area contributed by atoms with E-state index in [1.807, 2.05) is 12.1 Å². The van der Waals surface area contributed by atoms with Gasteiger partial charge in [0, 0.05) is 18.1 Å². The van der Waals surface area contributed by atoms with Crippen LogP contribution in [0, 0.1) is 11.7 Å². The fraction of sp³-hybridized carbons (Fsp3) is 0.571. The van der Waals surface area contributed by atoms with Crippen LogP contribution in [0.3, 0.4) is 0 Å². The smallest absolute Gasteiger partial charge is 0.126 e. The molecule has 2 saturated heterocycles. The Morgan fingerprint density at radius 2 is 2.12 bits per heavy atom. The Kier molecular flexibility index (Phi) is 2.89. The number of fused-ring (bicyclic) bond motifs is 2. The van der Waals surface area contributed by atoms with Crippen LogP contribution in [0.1, 0.15) is 24.8 Å². The molecule has 2 fully saturated rings. The van der Waals surface area contributed by atoms with Crippen molar-refractivity contribution in [3.63, 3.8) is 0 Å². The number of rotatable bonds is 2. The van der Waals surface area contributed by atoms with Crippen molar-refractivity contribution in [3.05, 3.63) is 35.6 Å². The maximum Gasteiger partial charge on any atom is 0.126 e. The van der Waals surface area contributed by atoms with Gasteiger partial charge < -0.3 is 11.1 Å². The molecule has 0 saturated carbocycles. The molecule has 0 aliphatic carbocycles. The highest BCUT2D eigenvalue weighted by Gasteiger charge is 2.39. The van der Waals surface area contributed by atoms with Crippen LogP contribution in [0.2, 0.25) is 0 Å². The van der Waals surface area contributed by atoms with E-state index in [0.29, 0.717) is 18.0 Å². The largest absolute Gasteiger partial charge is 0.327 e. The zero-order valence-corrected chi connectivity index (χ0v) is 9.90. The third-order valence-corrected chi connectivity index (χ3v) is 4.31. The second-order valence-corrected chi connectivity index (χ2v) is 5.41. The third-order valence-electron chi connectivity index (χ3n) is 4.31. The van der Waals surface area contributed by atoms with Gasteiger partial charge in [-0.2, -0.15) is 0 Å². The van der Waals surface area contributed by atoms with Crippen molar-refractivity contribution in [2.45, 2.75) is 43.8 Å². The molecule has 0 amide bonds. The Labute approximate surface area is 101 Å². The number of nitrogens with one attached hydrogen (secondary N) is 1. The summed E-state index contributed by atoms with van der Waals surface area (Å²) in [7, 11) is 0. The molecule has 3 heteroatoms. The van der Waals surface area contributed by atoms with Gasteiger partial charge in [-0.3, -0.25) is 0 Å². The summed E-state index contributed by atoms with van der Waals surface area (Å²) in [5.41, 5.74) is 7.04. The van der Waals surface area contributed by atoms with Gasteiger partial charge in [0.1, 0.15) is 5.82 Å². The van der Waals surface area contributed by atoms with E-state index in [1.165, 1.54) is 18.9 Å². The standard InChI is InChI=1S/C14H19FN2/c15-12-4-2-1-3-9(12)7-11-13(16)8-10-5-6-14(11)17-10/h1-4,10-11,13-14,17H,5-8,16H2. The number of hydrogen-bond acceptors (Lipinski definition) is 2. The minimum Gasteiger partial charge on any atom is -0.327 e. The predicted octanol–water partition coefficient (Wildman–Crippen LogP) is 1.84. The molecule has 2 aliphatic rings. The second-order valence-electron chi connectivity index (χ2n) is 5.41. The molecule has 92 valence electrons. The summed E-state index contributed by atoms with van der Waals surface area (Å²) in [5, 5.41) is 3.61. The molecule has 0 radical (unpaired) electrons. The first-order chi connectivity index (χ1) is 8.24. The van der Waals surface area contributed by atoms with E-state index >= 15 is 0 Å². The predicted molar refractivity (Wildman–Crippen MR) is 66.1 cm³/mol. The zero-order chi connectivity index (χ0) is 11.8. The molecule has 1 aromatic rings. The van der Waals surface area contributed by atoms with E-state index < -0.39 is 0 Å². The maximum atomic E-state index is 13.7. The maximum absolute atomic E-state index is 13.7. The van der Waals surface area contributed by atoms with Crippen LogP contribution in [0.15, 0.2) is 24.3 Å². The lowest BCUT2D eigenvalue weighted by molar-refractivity contribution is 0.248. The van der Waals surface area contributed by atoms with Gasteiger partial charge >= 0.3 is 0 Å². The van der Waals surface area contributed by atoms with Gasteiger partial charge in [-0.05, 0) is 43.2 Å². The van der Waals surface area contributed by atoms with Gasteiger partial charge in [-0.1, -0.05) is 18.2 Å². The summed E-state index contributed by atoms with van der Waals surface area (Å²) in [6, 6.07) is 8.36. The summed E-state index contributed by atoms with van der Waals surface area (Å²) in [5.74, 6) is 0.283. The number of nitrogens with two attached hydrogens (primary N) is 1. The number of halogens is 1. The molecule has 0 aromatic heterocycles. The topological polar surface area (TPSA) is 38.0 Å².